The molecule has 0 saturated carbocycles. The lowest BCUT2D eigenvalue weighted by atomic mass is 10.0. The van der Waals surface area contributed by atoms with E-state index >= 15 is 0 Å². The van der Waals surface area contributed by atoms with Crippen molar-refractivity contribution in [2.45, 2.75) is 19.4 Å². The van der Waals surface area contributed by atoms with Gasteiger partial charge >= 0.3 is 0 Å². The van der Waals surface area contributed by atoms with Crippen LogP contribution in [-0.4, -0.2) is 0 Å². The van der Waals surface area contributed by atoms with E-state index in [-0.39, 0.29) is 11.9 Å². The molecule has 2 aromatic carbocycles. The largest absolute Gasteiger partial charge is 0.459 e. The number of nitrogens with one attached hydrogen (secondary N) is 1. The van der Waals surface area contributed by atoms with E-state index in [1.807, 2.05) is 18.2 Å². The Bertz CT molecular complexity index is 749. The molecule has 0 aliphatic carbocycles. The molecule has 3 rings (SSSR count). The van der Waals surface area contributed by atoms with Crippen molar-refractivity contribution in [3.8, 4) is 0 Å². The van der Waals surface area contributed by atoms with Gasteiger partial charge in [0.1, 0.15) is 23.2 Å². The van der Waals surface area contributed by atoms with Crippen LogP contribution >= 0.6 is 0 Å². The first-order valence-corrected chi connectivity index (χ1v) is 6.95. The van der Waals surface area contributed by atoms with Gasteiger partial charge in [0.2, 0.25) is 0 Å². The average molecular weight is 284 g/mol. The second kappa shape index (κ2) is 5.68. The fraction of sp³-hybridized carbons (Fsp3) is 0.176. The number of benzene rings is 2. The van der Waals surface area contributed by atoms with Gasteiger partial charge in [-0.1, -0.05) is 31.2 Å². The van der Waals surface area contributed by atoms with Crippen molar-refractivity contribution < 1.29 is 8.81 Å². The number of rotatable bonds is 4. The lowest BCUT2D eigenvalue weighted by Gasteiger charge is -2.14. The standard InChI is InChI=1S/C17H17FN2O/c1-2-11-3-5-12(6-4-11)17(20-19)16-10-13-9-14(18)7-8-15(13)21-16/h3-10,17,20H,2,19H2,1H3. The van der Waals surface area contributed by atoms with Crippen LogP contribution in [0.4, 0.5) is 4.39 Å². The van der Waals surface area contributed by atoms with Crippen LogP contribution in [0.2, 0.25) is 0 Å². The molecule has 108 valence electrons. The number of hydrogen-bond acceptors (Lipinski definition) is 3. The normalized spacial score (nSPS) is 12.7. The molecule has 1 unspecified atom stereocenters. The molecule has 0 fully saturated rings. The molecule has 0 amide bonds. The maximum Gasteiger partial charge on any atom is 0.134 e. The monoisotopic (exact) mass is 284 g/mol. The van der Waals surface area contributed by atoms with Crippen LogP contribution in [0.25, 0.3) is 11.0 Å². The number of nitrogens with two attached hydrogens (primary N) is 1. The predicted octanol–water partition coefficient (Wildman–Crippen LogP) is 3.69. The molecule has 0 saturated heterocycles. The van der Waals surface area contributed by atoms with Crippen LogP contribution in [-0.2, 0) is 6.42 Å². The van der Waals surface area contributed by atoms with E-state index in [4.69, 9.17) is 10.3 Å². The van der Waals surface area contributed by atoms with Crippen LogP contribution in [0.3, 0.4) is 0 Å². The van der Waals surface area contributed by atoms with Crippen LogP contribution < -0.4 is 11.3 Å². The quantitative estimate of drug-likeness (QED) is 0.567. The van der Waals surface area contributed by atoms with Gasteiger partial charge in [0.15, 0.2) is 0 Å². The highest BCUT2D eigenvalue weighted by Gasteiger charge is 2.17. The zero-order valence-electron chi connectivity index (χ0n) is 11.8. The third-order valence-corrected chi connectivity index (χ3v) is 3.67. The van der Waals surface area contributed by atoms with Crippen LogP contribution in [0.1, 0.15) is 29.9 Å². The molecule has 1 atom stereocenters. The van der Waals surface area contributed by atoms with Crippen molar-refractivity contribution in [3.63, 3.8) is 0 Å². The maximum atomic E-state index is 13.3. The van der Waals surface area contributed by atoms with E-state index < -0.39 is 0 Å². The minimum absolute atomic E-state index is 0.258. The molecule has 1 aromatic heterocycles. The van der Waals surface area contributed by atoms with Gasteiger partial charge in [-0.25, -0.2) is 9.82 Å². The number of fused-ring (bicyclic) bond motifs is 1. The van der Waals surface area contributed by atoms with Crippen molar-refractivity contribution in [1.82, 2.24) is 5.43 Å². The zero-order chi connectivity index (χ0) is 14.8. The minimum atomic E-state index is -0.278. The van der Waals surface area contributed by atoms with Gasteiger partial charge in [-0.2, -0.15) is 0 Å². The third-order valence-electron chi connectivity index (χ3n) is 3.67. The summed E-state index contributed by atoms with van der Waals surface area (Å²) in [4.78, 5) is 0. The van der Waals surface area contributed by atoms with Gasteiger partial charge in [-0.05, 0) is 41.8 Å². The molecular formula is C17H17FN2O. The molecular weight excluding hydrogens is 267 g/mol. The molecule has 4 heteroatoms. The Labute approximate surface area is 122 Å². The first-order chi connectivity index (χ1) is 10.2. The van der Waals surface area contributed by atoms with Gasteiger partial charge in [-0.15, -0.1) is 0 Å². The molecule has 3 nitrogen and oxygen atoms in total. The summed E-state index contributed by atoms with van der Waals surface area (Å²) < 4.78 is 19.0. The smallest absolute Gasteiger partial charge is 0.134 e. The fourth-order valence-corrected chi connectivity index (χ4v) is 2.47. The van der Waals surface area contributed by atoms with E-state index in [0.29, 0.717) is 11.3 Å². The molecule has 0 aliphatic heterocycles. The molecule has 21 heavy (non-hydrogen) atoms. The summed E-state index contributed by atoms with van der Waals surface area (Å²) in [6, 6.07) is 14.2. The first kappa shape index (κ1) is 13.8. The second-order valence-electron chi connectivity index (χ2n) is 5.03. The molecule has 0 radical (unpaired) electrons. The lowest BCUT2D eigenvalue weighted by molar-refractivity contribution is 0.477. The highest BCUT2D eigenvalue weighted by molar-refractivity contribution is 5.78. The molecule has 3 N–H and O–H groups in total. The van der Waals surface area contributed by atoms with Crippen molar-refractivity contribution in [1.29, 1.82) is 0 Å². The first-order valence-electron chi connectivity index (χ1n) is 6.95. The van der Waals surface area contributed by atoms with Gasteiger partial charge in [0, 0.05) is 5.39 Å². The minimum Gasteiger partial charge on any atom is -0.459 e. The number of hydrogen-bond donors (Lipinski definition) is 2. The van der Waals surface area contributed by atoms with E-state index in [9.17, 15) is 4.39 Å². The van der Waals surface area contributed by atoms with Crippen molar-refractivity contribution in [2.75, 3.05) is 0 Å². The number of hydrazine groups is 1. The fourth-order valence-electron chi connectivity index (χ4n) is 2.47. The Morgan fingerprint density at radius 1 is 1.14 bits per heavy atom. The van der Waals surface area contributed by atoms with Crippen LogP contribution in [0, 0.1) is 5.82 Å². The van der Waals surface area contributed by atoms with Crippen molar-refractivity contribution in [2.24, 2.45) is 5.84 Å². The lowest BCUT2D eigenvalue weighted by Crippen LogP contribution is -2.28. The molecule has 0 aliphatic rings. The second-order valence-corrected chi connectivity index (χ2v) is 5.03. The van der Waals surface area contributed by atoms with E-state index in [0.717, 1.165) is 17.4 Å². The zero-order valence-corrected chi connectivity index (χ0v) is 11.8. The van der Waals surface area contributed by atoms with Gasteiger partial charge in [0.05, 0.1) is 0 Å². The van der Waals surface area contributed by atoms with Crippen LogP contribution in [0.5, 0.6) is 0 Å². The van der Waals surface area contributed by atoms with Gasteiger partial charge in [0.25, 0.3) is 0 Å². The molecule has 1 heterocycles. The van der Waals surface area contributed by atoms with Crippen molar-refractivity contribution in [3.05, 3.63) is 71.2 Å². The van der Waals surface area contributed by atoms with Crippen molar-refractivity contribution >= 4 is 11.0 Å². The highest BCUT2D eigenvalue weighted by atomic mass is 19.1. The number of aryl methyl sites for hydroxylation is 1. The Hall–Kier alpha value is -2.17. The Morgan fingerprint density at radius 3 is 2.57 bits per heavy atom. The van der Waals surface area contributed by atoms with E-state index in [1.54, 1.807) is 6.07 Å². The Morgan fingerprint density at radius 2 is 1.90 bits per heavy atom. The van der Waals surface area contributed by atoms with Gasteiger partial charge in [-0.3, -0.25) is 5.84 Å². The number of halogens is 1. The Balaban J connectivity index is 2.00. The van der Waals surface area contributed by atoms with E-state index in [2.05, 4.69) is 24.5 Å². The highest BCUT2D eigenvalue weighted by Crippen LogP contribution is 2.28. The average Bonchev–Trinajstić information content (AvgIpc) is 2.91. The SMILES string of the molecule is CCc1ccc(C(NN)c2cc3cc(F)ccc3o2)cc1. The van der Waals surface area contributed by atoms with E-state index in [1.165, 1.54) is 17.7 Å². The summed E-state index contributed by atoms with van der Waals surface area (Å²) in [5, 5.41) is 0.732. The summed E-state index contributed by atoms with van der Waals surface area (Å²) in [7, 11) is 0. The summed E-state index contributed by atoms with van der Waals surface area (Å²) in [5.74, 6) is 6.07. The molecule has 0 bridgehead atoms. The maximum absolute atomic E-state index is 13.3. The van der Waals surface area contributed by atoms with Crippen LogP contribution in [0.15, 0.2) is 52.9 Å². The third kappa shape index (κ3) is 2.68. The predicted molar refractivity (Wildman–Crippen MR) is 81.2 cm³/mol. The summed E-state index contributed by atoms with van der Waals surface area (Å²) in [5.41, 5.74) is 5.68. The van der Waals surface area contributed by atoms with Gasteiger partial charge < -0.3 is 4.42 Å². The Kier molecular flexibility index (Phi) is 3.73. The molecule has 3 aromatic rings. The summed E-state index contributed by atoms with van der Waals surface area (Å²) in [6.45, 7) is 2.11. The topological polar surface area (TPSA) is 51.2 Å². The summed E-state index contributed by atoms with van der Waals surface area (Å²) in [6.07, 6.45) is 0.991. The number of furan rings is 1. The summed E-state index contributed by atoms with van der Waals surface area (Å²) >= 11 is 0. The molecule has 0 spiro atoms.